The van der Waals surface area contributed by atoms with Gasteiger partial charge in [0.2, 0.25) is 0 Å². The molecule has 1 aliphatic rings. The zero-order valence-corrected chi connectivity index (χ0v) is 19.4. The van der Waals surface area contributed by atoms with Crippen LogP contribution in [0.25, 0.3) is 17.4 Å². The number of carboxylic acid groups (broad SMARTS) is 1. The molecule has 1 N–H and O–H groups in total. The van der Waals surface area contributed by atoms with Crippen molar-refractivity contribution in [1.29, 1.82) is 0 Å². The number of thioether (sulfide) groups is 2. The van der Waals surface area contributed by atoms with Crippen LogP contribution < -0.4 is 4.74 Å². The maximum atomic E-state index is 12.9. The van der Waals surface area contributed by atoms with E-state index >= 15 is 0 Å². The Morgan fingerprint density at radius 2 is 2.19 bits per heavy atom. The number of hydrogen-bond donors (Lipinski definition) is 1. The fourth-order valence-electron chi connectivity index (χ4n) is 3.04. The first-order chi connectivity index (χ1) is 15.3. The first-order valence-corrected chi connectivity index (χ1v) is 11.8. The van der Waals surface area contributed by atoms with E-state index in [4.69, 9.17) is 21.4 Å². The molecule has 1 aliphatic heterocycles. The van der Waals surface area contributed by atoms with Gasteiger partial charge in [-0.2, -0.15) is 11.8 Å². The summed E-state index contributed by atoms with van der Waals surface area (Å²) in [5.41, 5.74) is 0.0701. The normalized spacial score (nSPS) is 15.9. The third-order valence-corrected chi connectivity index (χ3v) is 6.56. The second kappa shape index (κ2) is 10.2. The highest BCUT2D eigenvalue weighted by molar-refractivity contribution is 8.26. The van der Waals surface area contributed by atoms with Gasteiger partial charge in [-0.05, 0) is 42.7 Å². The Labute approximate surface area is 196 Å². The minimum absolute atomic E-state index is 0.160. The molecule has 168 valence electrons. The van der Waals surface area contributed by atoms with Gasteiger partial charge >= 0.3 is 5.97 Å². The number of benzene rings is 1. The van der Waals surface area contributed by atoms with Gasteiger partial charge in [0.05, 0.1) is 28.6 Å². The van der Waals surface area contributed by atoms with Crippen molar-refractivity contribution in [2.75, 3.05) is 19.1 Å². The topological polar surface area (TPSA) is 123 Å². The minimum Gasteiger partial charge on any atom is -0.497 e. The van der Waals surface area contributed by atoms with Gasteiger partial charge in [0.25, 0.3) is 11.6 Å². The van der Waals surface area contributed by atoms with Gasteiger partial charge in [-0.1, -0.05) is 24.0 Å². The first-order valence-electron chi connectivity index (χ1n) is 9.18. The maximum Gasteiger partial charge on any atom is 0.326 e. The molecule has 1 amide bonds. The molecule has 2 heterocycles. The van der Waals surface area contributed by atoms with Gasteiger partial charge < -0.3 is 14.3 Å². The van der Waals surface area contributed by atoms with Crippen LogP contribution in [-0.2, 0) is 9.59 Å². The summed E-state index contributed by atoms with van der Waals surface area (Å²) >= 11 is 7.72. The van der Waals surface area contributed by atoms with Gasteiger partial charge in [0.1, 0.15) is 27.6 Å². The number of carbonyl (C=O) groups is 2. The van der Waals surface area contributed by atoms with E-state index in [0.29, 0.717) is 11.5 Å². The third kappa shape index (κ3) is 4.97. The number of ether oxygens (including phenoxy) is 1. The summed E-state index contributed by atoms with van der Waals surface area (Å²) in [6, 6.07) is 6.47. The number of rotatable bonds is 9. The molecule has 32 heavy (non-hydrogen) atoms. The van der Waals surface area contributed by atoms with Crippen LogP contribution in [0.1, 0.15) is 12.2 Å². The molecule has 0 saturated carbocycles. The standard InChI is InChI=1S/C20H18N2O7S3/c1-28-11-3-5-13(15(9-11)22(26)27)16-6-4-12(29-16)10-17-18(23)21(20(30)32-17)14(19(24)25)7-8-31-2/h3-6,9-10,14H,7-8H2,1-2H3,(H,24,25)/b17-10-. The van der Waals surface area contributed by atoms with Crippen LogP contribution in [0.3, 0.4) is 0 Å². The maximum absolute atomic E-state index is 12.9. The van der Waals surface area contributed by atoms with E-state index < -0.39 is 22.8 Å². The summed E-state index contributed by atoms with van der Waals surface area (Å²) in [7, 11) is 1.41. The summed E-state index contributed by atoms with van der Waals surface area (Å²) in [5, 5.41) is 21.0. The number of hydrogen-bond acceptors (Lipinski definition) is 9. The molecule has 0 radical (unpaired) electrons. The predicted octanol–water partition coefficient (Wildman–Crippen LogP) is 4.27. The highest BCUT2D eigenvalue weighted by atomic mass is 32.2. The van der Waals surface area contributed by atoms with Gasteiger partial charge in [0.15, 0.2) is 0 Å². The third-order valence-electron chi connectivity index (χ3n) is 4.58. The first kappa shape index (κ1) is 23.8. The molecular weight excluding hydrogens is 476 g/mol. The van der Waals surface area contributed by atoms with E-state index in [1.807, 2.05) is 6.26 Å². The number of nitro groups is 1. The van der Waals surface area contributed by atoms with Crippen molar-refractivity contribution in [3.05, 3.63) is 51.1 Å². The number of amides is 1. The molecule has 1 unspecified atom stereocenters. The SMILES string of the molecule is COc1ccc(-c2ccc(/C=C3\SC(=S)N(C(CCSC)C(=O)O)C3=O)o2)c([N+](=O)[O-])c1. The highest BCUT2D eigenvalue weighted by Gasteiger charge is 2.40. The van der Waals surface area contributed by atoms with Gasteiger partial charge in [0, 0.05) is 6.08 Å². The van der Waals surface area contributed by atoms with E-state index in [9.17, 15) is 24.8 Å². The second-order valence-corrected chi connectivity index (χ2v) is 9.19. The lowest BCUT2D eigenvalue weighted by molar-refractivity contribution is -0.384. The molecule has 0 aliphatic carbocycles. The number of aliphatic carboxylic acids is 1. The monoisotopic (exact) mass is 494 g/mol. The molecule has 12 heteroatoms. The molecule has 2 aromatic rings. The number of nitro benzene ring substituents is 1. The Bertz CT molecular complexity index is 1110. The Kier molecular flexibility index (Phi) is 7.59. The summed E-state index contributed by atoms with van der Waals surface area (Å²) < 4.78 is 10.9. The number of methoxy groups -OCH3 is 1. The van der Waals surface area contributed by atoms with Crippen molar-refractivity contribution in [2.45, 2.75) is 12.5 Å². The molecule has 0 spiro atoms. The molecule has 1 atom stereocenters. The van der Waals surface area contributed by atoms with E-state index in [1.165, 1.54) is 37.1 Å². The Morgan fingerprint density at radius 3 is 2.81 bits per heavy atom. The fourth-order valence-corrected chi connectivity index (χ4v) is 4.84. The van der Waals surface area contributed by atoms with Crippen LogP contribution in [0.2, 0.25) is 0 Å². The van der Waals surface area contributed by atoms with Crippen LogP contribution in [0, 0.1) is 10.1 Å². The zero-order chi connectivity index (χ0) is 23.4. The number of furan rings is 1. The number of carbonyl (C=O) groups excluding carboxylic acids is 1. The number of nitrogens with zero attached hydrogens (tertiary/aromatic N) is 2. The minimum atomic E-state index is -1.12. The summed E-state index contributed by atoms with van der Waals surface area (Å²) in [6.45, 7) is 0. The van der Waals surface area contributed by atoms with Crippen LogP contribution >= 0.6 is 35.7 Å². The summed E-state index contributed by atoms with van der Waals surface area (Å²) in [5.74, 6) is -0.211. The van der Waals surface area contributed by atoms with Crippen molar-refractivity contribution in [1.82, 2.24) is 4.90 Å². The van der Waals surface area contributed by atoms with Crippen molar-refractivity contribution >= 4 is 63.7 Å². The lowest BCUT2D eigenvalue weighted by Gasteiger charge is -2.22. The van der Waals surface area contributed by atoms with Crippen LogP contribution in [0.4, 0.5) is 5.69 Å². The average molecular weight is 495 g/mol. The molecule has 3 rings (SSSR count). The molecule has 9 nitrogen and oxygen atoms in total. The molecular formula is C20H18N2O7S3. The zero-order valence-electron chi connectivity index (χ0n) is 17.0. The smallest absolute Gasteiger partial charge is 0.326 e. The van der Waals surface area contributed by atoms with E-state index in [1.54, 1.807) is 18.2 Å². The van der Waals surface area contributed by atoms with Crippen molar-refractivity contribution in [3.63, 3.8) is 0 Å². The van der Waals surface area contributed by atoms with E-state index in [-0.39, 0.29) is 38.4 Å². The lowest BCUT2D eigenvalue weighted by Crippen LogP contribution is -2.44. The largest absolute Gasteiger partial charge is 0.497 e. The Balaban J connectivity index is 1.89. The van der Waals surface area contributed by atoms with Crippen molar-refractivity contribution < 1.29 is 28.8 Å². The van der Waals surface area contributed by atoms with Gasteiger partial charge in [-0.25, -0.2) is 4.79 Å². The second-order valence-electron chi connectivity index (χ2n) is 6.53. The molecule has 1 aromatic heterocycles. The van der Waals surface area contributed by atoms with E-state index in [0.717, 1.165) is 16.7 Å². The summed E-state index contributed by atoms with van der Waals surface area (Å²) in [4.78, 5) is 36.8. The number of carboxylic acids is 1. The van der Waals surface area contributed by atoms with Gasteiger partial charge in [-0.3, -0.25) is 19.8 Å². The molecule has 1 fully saturated rings. The van der Waals surface area contributed by atoms with Crippen LogP contribution in [-0.4, -0.2) is 56.3 Å². The summed E-state index contributed by atoms with van der Waals surface area (Å²) in [6.07, 6.45) is 3.57. The quantitative estimate of drug-likeness (QED) is 0.234. The fraction of sp³-hybridized carbons (Fsp3) is 0.250. The lowest BCUT2D eigenvalue weighted by atomic mass is 10.1. The Hall–Kier alpha value is -2.83. The predicted molar refractivity (Wildman–Crippen MR) is 127 cm³/mol. The molecule has 0 bridgehead atoms. The Morgan fingerprint density at radius 1 is 1.44 bits per heavy atom. The van der Waals surface area contributed by atoms with Crippen molar-refractivity contribution in [2.24, 2.45) is 0 Å². The highest BCUT2D eigenvalue weighted by Crippen LogP contribution is 2.37. The van der Waals surface area contributed by atoms with Gasteiger partial charge in [-0.15, -0.1) is 0 Å². The molecule has 1 saturated heterocycles. The van der Waals surface area contributed by atoms with Crippen molar-refractivity contribution in [3.8, 4) is 17.1 Å². The van der Waals surface area contributed by atoms with E-state index in [2.05, 4.69) is 0 Å². The van der Waals surface area contributed by atoms with Crippen LogP contribution in [0.5, 0.6) is 5.75 Å². The number of thiocarbonyl (C=S) groups is 1. The van der Waals surface area contributed by atoms with Crippen LogP contribution in [0.15, 0.2) is 39.7 Å². The average Bonchev–Trinajstić information content (AvgIpc) is 3.33. The molecule has 1 aromatic carbocycles.